The van der Waals surface area contributed by atoms with Crippen molar-refractivity contribution < 1.29 is 9.47 Å². The van der Waals surface area contributed by atoms with Gasteiger partial charge in [0, 0.05) is 17.5 Å². The van der Waals surface area contributed by atoms with Crippen LogP contribution in [0.4, 0.5) is 0 Å². The summed E-state index contributed by atoms with van der Waals surface area (Å²) in [5.74, 6) is 1.54. The topological polar surface area (TPSA) is 30.5 Å². The Morgan fingerprint density at radius 2 is 2.24 bits per heavy atom. The van der Waals surface area contributed by atoms with Gasteiger partial charge in [0.2, 0.25) is 0 Å². The maximum absolute atomic E-state index is 5.91. The largest absolute Gasteiger partial charge is 0.493 e. The fraction of sp³-hybridized carbons (Fsp3) is 0.375. The zero-order valence-corrected chi connectivity index (χ0v) is 14.3. The lowest BCUT2D eigenvalue weighted by Crippen LogP contribution is -2.15. The highest BCUT2D eigenvalue weighted by Crippen LogP contribution is 2.37. The average molecular weight is 368 g/mol. The number of hydrogen-bond donors (Lipinski definition) is 1. The van der Waals surface area contributed by atoms with Crippen LogP contribution in [0.15, 0.2) is 34.1 Å². The summed E-state index contributed by atoms with van der Waals surface area (Å²) in [6.07, 6.45) is 2.58. The summed E-state index contributed by atoms with van der Waals surface area (Å²) in [4.78, 5) is 1.20. The Morgan fingerprint density at radius 3 is 2.90 bits per heavy atom. The minimum atomic E-state index is 0.562. The summed E-state index contributed by atoms with van der Waals surface area (Å²) >= 11 is 5.29. The predicted octanol–water partition coefficient (Wildman–Crippen LogP) is 4.35. The molecule has 1 saturated carbocycles. The van der Waals surface area contributed by atoms with Crippen LogP contribution in [0.2, 0.25) is 0 Å². The van der Waals surface area contributed by atoms with E-state index in [1.54, 1.807) is 18.4 Å². The number of nitrogens with one attached hydrogen (secondary N) is 1. The number of thiophene rings is 1. The van der Waals surface area contributed by atoms with Crippen molar-refractivity contribution in [3.63, 3.8) is 0 Å². The Balaban J connectivity index is 1.71. The Bertz CT molecular complexity index is 597. The molecule has 0 atom stereocenters. The normalized spacial score (nSPS) is 14.2. The Hall–Kier alpha value is -1.04. The molecule has 1 aromatic heterocycles. The number of rotatable bonds is 7. The molecular weight excluding hydrogens is 350 g/mol. The van der Waals surface area contributed by atoms with Gasteiger partial charge in [-0.3, -0.25) is 0 Å². The monoisotopic (exact) mass is 367 g/mol. The van der Waals surface area contributed by atoms with E-state index in [9.17, 15) is 0 Å². The van der Waals surface area contributed by atoms with E-state index < -0.39 is 0 Å². The second-order valence-electron chi connectivity index (χ2n) is 5.13. The number of halogens is 1. The van der Waals surface area contributed by atoms with Gasteiger partial charge in [0.1, 0.15) is 6.61 Å². The molecule has 0 aliphatic heterocycles. The minimum absolute atomic E-state index is 0.562. The third kappa shape index (κ3) is 3.99. The number of methoxy groups -OCH3 is 1. The molecule has 0 bridgehead atoms. The van der Waals surface area contributed by atoms with Crippen LogP contribution in [0.1, 0.15) is 23.3 Å². The lowest BCUT2D eigenvalue weighted by molar-refractivity contribution is 0.285. The quantitative estimate of drug-likeness (QED) is 0.788. The van der Waals surface area contributed by atoms with E-state index in [1.807, 2.05) is 12.1 Å². The second kappa shape index (κ2) is 6.81. The highest BCUT2D eigenvalue weighted by Gasteiger charge is 2.20. The van der Waals surface area contributed by atoms with Crippen molar-refractivity contribution in [1.82, 2.24) is 5.32 Å². The zero-order valence-electron chi connectivity index (χ0n) is 11.9. The molecule has 3 rings (SSSR count). The summed E-state index contributed by atoms with van der Waals surface area (Å²) in [6.45, 7) is 1.43. The molecule has 112 valence electrons. The first kappa shape index (κ1) is 14.9. The van der Waals surface area contributed by atoms with Crippen molar-refractivity contribution in [2.75, 3.05) is 7.11 Å². The molecule has 1 N–H and O–H groups in total. The van der Waals surface area contributed by atoms with Crippen LogP contribution in [0.3, 0.4) is 0 Å². The first-order valence-electron chi connectivity index (χ1n) is 7.01. The van der Waals surface area contributed by atoms with Gasteiger partial charge in [-0.15, -0.1) is 11.3 Å². The Morgan fingerprint density at radius 1 is 1.38 bits per heavy atom. The zero-order chi connectivity index (χ0) is 14.7. The maximum Gasteiger partial charge on any atom is 0.175 e. The maximum atomic E-state index is 5.91. The van der Waals surface area contributed by atoms with Crippen molar-refractivity contribution in [2.45, 2.75) is 32.0 Å². The van der Waals surface area contributed by atoms with E-state index in [0.717, 1.165) is 22.5 Å². The van der Waals surface area contributed by atoms with Crippen LogP contribution in [0, 0.1) is 0 Å². The molecule has 1 heterocycles. The van der Waals surface area contributed by atoms with Crippen LogP contribution in [-0.4, -0.2) is 13.2 Å². The summed E-state index contributed by atoms with van der Waals surface area (Å²) in [5, 5.41) is 5.56. The van der Waals surface area contributed by atoms with Crippen LogP contribution in [0.25, 0.3) is 0 Å². The highest BCUT2D eigenvalue weighted by molar-refractivity contribution is 9.10. The fourth-order valence-corrected chi connectivity index (χ4v) is 3.32. The molecule has 1 fully saturated rings. The van der Waals surface area contributed by atoms with Gasteiger partial charge in [-0.25, -0.2) is 0 Å². The molecule has 3 nitrogen and oxygen atoms in total. The molecule has 1 aliphatic carbocycles. The second-order valence-corrected chi connectivity index (χ2v) is 7.02. The van der Waals surface area contributed by atoms with E-state index in [-0.39, 0.29) is 0 Å². The van der Waals surface area contributed by atoms with Crippen LogP contribution in [0.5, 0.6) is 11.5 Å². The summed E-state index contributed by atoms with van der Waals surface area (Å²) in [6, 6.07) is 8.94. The standard InChI is InChI=1S/C16H18BrNO2S/c1-19-15-8-11(9-18-12-4-5-12)7-14(17)16(15)20-10-13-3-2-6-21-13/h2-3,6-8,12,18H,4-5,9-10H2,1H3. The van der Waals surface area contributed by atoms with Gasteiger partial charge in [0.15, 0.2) is 11.5 Å². The van der Waals surface area contributed by atoms with E-state index in [1.165, 1.54) is 23.3 Å². The summed E-state index contributed by atoms with van der Waals surface area (Å²) in [7, 11) is 1.68. The van der Waals surface area contributed by atoms with Crippen LogP contribution >= 0.6 is 27.3 Å². The average Bonchev–Trinajstić information content (AvgIpc) is 3.17. The molecular formula is C16H18BrNO2S. The number of benzene rings is 1. The van der Waals surface area contributed by atoms with Gasteiger partial charge < -0.3 is 14.8 Å². The lowest BCUT2D eigenvalue weighted by Gasteiger charge is -2.14. The molecule has 5 heteroatoms. The van der Waals surface area contributed by atoms with Gasteiger partial charge in [0.25, 0.3) is 0 Å². The molecule has 1 aromatic carbocycles. The molecule has 1 aliphatic rings. The van der Waals surface area contributed by atoms with Crippen molar-refractivity contribution >= 4 is 27.3 Å². The van der Waals surface area contributed by atoms with Gasteiger partial charge in [-0.05, 0) is 57.9 Å². The summed E-state index contributed by atoms with van der Waals surface area (Å²) in [5.41, 5.74) is 1.20. The molecule has 0 radical (unpaired) electrons. The van der Waals surface area contributed by atoms with Gasteiger partial charge in [-0.1, -0.05) is 6.07 Å². The first-order chi connectivity index (χ1) is 10.3. The smallest absolute Gasteiger partial charge is 0.175 e. The van der Waals surface area contributed by atoms with Crippen molar-refractivity contribution in [2.24, 2.45) is 0 Å². The third-order valence-electron chi connectivity index (χ3n) is 3.40. The van der Waals surface area contributed by atoms with Crippen molar-refractivity contribution in [1.29, 1.82) is 0 Å². The molecule has 0 spiro atoms. The van der Waals surface area contributed by atoms with Gasteiger partial charge in [0.05, 0.1) is 11.6 Å². The number of ether oxygens (including phenoxy) is 2. The van der Waals surface area contributed by atoms with Gasteiger partial charge in [-0.2, -0.15) is 0 Å². The first-order valence-corrected chi connectivity index (χ1v) is 8.68. The Kier molecular flexibility index (Phi) is 4.83. The van der Waals surface area contributed by atoms with E-state index in [4.69, 9.17) is 9.47 Å². The SMILES string of the molecule is COc1cc(CNC2CC2)cc(Br)c1OCc1cccs1. The molecule has 21 heavy (non-hydrogen) atoms. The third-order valence-corrected chi connectivity index (χ3v) is 4.84. The predicted molar refractivity (Wildman–Crippen MR) is 89.2 cm³/mol. The number of hydrogen-bond acceptors (Lipinski definition) is 4. The highest BCUT2D eigenvalue weighted by atomic mass is 79.9. The van der Waals surface area contributed by atoms with Crippen molar-refractivity contribution in [3.8, 4) is 11.5 Å². The summed E-state index contributed by atoms with van der Waals surface area (Å²) < 4.78 is 12.3. The van der Waals surface area contributed by atoms with Crippen LogP contribution < -0.4 is 14.8 Å². The van der Waals surface area contributed by atoms with E-state index >= 15 is 0 Å². The molecule has 0 unspecified atom stereocenters. The minimum Gasteiger partial charge on any atom is -0.493 e. The van der Waals surface area contributed by atoms with Crippen molar-refractivity contribution in [3.05, 3.63) is 44.6 Å². The fourth-order valence-electron chi connectivity index (χ4n) is 2.10. The molecule has 0 amide bonds. The van der Waals surface area contributed by atoms with E-state index in [2.05, 4.69) is 38.8 Å². The molecule has 0 saturated heterocycles. The van der Waals surface area contributed by atoms with Gasteiger partial charge >= 0.3 is 0 Å². The molecule has 2 aromatic rings. The lowest BCUT2D eigenvalue weighted by atomic mass is 10.2. The van der Waals surface area contributed by atoms with E-state index in [0.29, 0.717) is 12.6 Å². The Labute approximate surface area is 137 Å². The van der Waals surface area contributed by atoms with Crippen LogP contribution in [-0.2, 0) is 13.2 Å².